The van der Waals surface area contributed by atoms with E-state index in [1.165, 1.54) is 0 Å². The summed E-state index contributed by atoms with van der Waals surface area (Å²) in [4.78, 5) is 48.0. The van der Waals surface area contributed by atoms with E-state index in [0.717, 1.165) is 17.2 Å². The molecule has 10 nitrogen and oxygen atoms in total. The van der Waals surface area contributed by atoms with Gasteiger partial charge in [-0.25, -0.2) is 4.79 Å². The van der Waals surface area contributed by atoms with Crippen molar-refractivity contribution in [1.82, 2.24) is 9.88 Å². The maximum absolute atomic E-state index is 12.3. The molecule has 1 atom stereocenters. The zero-order valence-corrected chi connectivity index (χ0v) is 10.6. The van der Waals surface area contributed by atoms with Crippen molar-refractivity contribution in [2.24, 2.45) is 0 Å². The van der Waals surface area contributed by atoms with Crippen LogP contribution in [0, 0.1) is 10.1 Å². The van der Waals surface area contributed by atoms with Crippen LogP contribution in [0.1, 0.15) is 10.4 Å². The lowest BCUT2D eigenvalue weighted by Gasteiger charge is -2.32. The lowest BCUT2D eigenvalue weighted by atomic mass is 10.1. The molecule has 0 aromatic carbocycles. The van der Waals surface area contributed by atoms with Crippen molar-refractivity contribution >= 4 is 17.6 Å². The number of nitrogens with one attached hydrogen (secondary N) is 1. The maximum Gasteiger partial charge on any atom is 0.328 e. The Balaban J connectivity index is 2.38. The molecule has 1 unspecified atom stereocenters. The molecule has 2 N–H and O–H groups in total. The number of H-pyrrole nitrogens is 1. The normalized spacial score (nSPS) is 18.3. The average molecular weight is 297 g/mol. The number of carbonyl (C=O) groups is 2. The van der Waals surface area contributed by atoms with E-state index in [2.05, 4.69) is 4.98 Å². The molecule has 1 aromatic rings. The van der Waals surface area contributed by atoms with Crippen LogP contribution < -0.4 is 5.56 Å². The van der Waals surface area contributed by atoms with Crippen LogP contribution in [0.25, 0.3) is 0 Å². The largest absolute Gasteiger partial charge is 0.480 e. The number of morpholine rings is 1. The summed E-state index contributed by atoms with van der Waals surface area (Å²) in [6, 6.07) is -0.403. The predicted molar refractivity (Wildman–Crippen MR) is 67.0 cm³/mol. The number of carboxylic acid groups (broad SMARTS) is 1. The number of hydrogen-bond acceptors (Lipinski definition) is 6. The smallest absolute Gasteiger partial charge is 0.328 e. The lowest BCUT2D eigenvalue weighted by molar-refractivity contribution is -0.385. The molecule has 0 saturated carbocycles. The first kappa shape index (κ1) is 14.7. The predicted octanol–water partition coefficient (Wildman–Crippen LogP) is -0.791. The fraction of sp³-hybridized carbons (Fsp3) is 0.364. The maximum atomic E-state index is 12.3. The van der Waals surface area contributed by atoms with Crippen LogP contribution in [0.15, 0.2) is 17.1 Å². The van der Waals surface area contributed by atoms with Crippen LogP contribution in [0.4, 0.5) is 5.69 Å². The van der Waals surface area contributed by atoms with E-state index >= 15 is 0 Å². The Labute approximate surface area is 117 Å². The molecule has 1 aliphatic rings. The minimum absolute atomic E-state index is 0.0159. The number of hydrogen-bond donors (Lipinski definition) is 2. The minimum atomic E-state index is -1.27. The average Bonchev–Trinajstić information content (AvgIpc) is 2.46. The van der Waals surface area contributed by atoms with Crippen molar-refractivity contribution < 1.29 is 24.4 Å². The number of carbonyl (C=O) groups excluding carboxylic acids is 1. The Morgan fingerprint density at radius 2 is 2.24 bits per heavy atom. The molecule has 0 radical (unpaired) electrons. The number of aliphatic carboxylic acids is 1. The van der Waals surface area contributed by atoms with Gasteiger partial charge in [-0.05, 0) is 0 Å². The molecule has 1 saturated heterocycles. The highest BCUT2D eigenvalue weighted by atomic mass is 16.6. The SMILES string of the molecule is O=C(O)C1COCCN1C(=O)c1cc([N+](=O)[O-])c[nH]c1=O. The molecular weight excluding hydrogens is 286 g/mol. The number of nitro groups is 1. The first-order valence-corrected chi connectivity index (χ1v) is 5.90. The van der Waals surface area contributed by atoms with Crippen LogP contribution in [0.5, 0.6) is 0 Å². The molecule has 1 amide bonds. The Kier molecular flexibility index (Phi) is 3.98. The molecule has 1 aromatic heterocycles. The summed E-state index contributed by atoms with van der Waals surface area (Å²) in [6.45, 7) is -0.0891. The quantitative estimate of drug-likeness (QED) is 0.549. The molecule has 1 aliphatic heterocycles. The second kappa shape index (κ2) is 5.71. The van der Waals surface area contributed by atoms with Gasteiger partial charge in [0.05, 0.1) is 24.3 Å². The van der Waals surface area contributed by atoms with Gasteiger partial charge in [-0.1, -0.05) is 0 Å². The fourth-order valence-electron chi connectivity index (χ4n) is 1.94. The number of ether oxygens (including phenoxy) is 1. The van der Waals surface area contributed by atoms with Gasteiger partial charge in [0, 0.05) is 12.6 Å². The zero-order valence-electron chi connectivity index (χ0n) is 10.6. The first-order valence-electron chi connectivity index (χ1n) is 5.90. The summed E-state index contributed by atoms with van der Waals surface area (Å²) in [5.41, 5.74) is -1.75. The second-order valence-electron chi connectivity index (χ2n) is 4.29. The molecule has 112 valence electrons. The summed E-state index contributed by atoms with van der Waals surface area (Å²) >= 11 is 0. The molecular formula is C11H11N3O7. The number of aromatic amines is 1. The van der Waals surface area contributed by atoms with E-state index in [1.807, 2.05) is 0 Å². The second-order valence-corrected chi connectivity index (χ2v) is 4.29. The van der Waals surface area contributed by atoms with Crippen LogP contribution in [0.2, 0.25) is 0 Å². The van der Waals surface area contributed by atoms with Gasteiger partial charge in [-0.3, -0.25) is 19.7 Å². The zero-order chi connectivity index (χ0) is 15.6. The molecule has 0 aliphatic carbocycles. The van der Waals surface area contributed by atoms with E-state index in [0.29, 0.717) is 0 Å². The molecule has 0 bridgehead atoms. The van der Waals surface area contributed by atoms with Crippen LogP contribution in [0.3, 0.4) is 0 Å². The topological polar surface area (TPSA) is 143 Å². The molecule has 2 rings (SSSR count). The van der Waals surface area contributed by atoms with Crippen LogP contribution in [-0.2, 0) is 9.53 Å². The molecule has 0 spiro atoms. The summed E-state index contributed by atoms with van der Waals surface area (Å²) in [5, 5.41) is 19.7. The number of carboxylic acids is 1. The van der Waals surface area contributed by atoms with E-state index in [1.54, 1.807) is 0 Å². The number of amides is 1. The highest BCUT2D eigenvalue weighted by molar-refractivity contribution is 5.96. The first-order chi connectivity index (χ1) is 9.91. The summed E-state index contributed by atoms with van der Waals surface area (Å²) in [5.74, 6) is -2.15. The molecule has 1 fully saturated rings. The Hall–Kier alpha value is -2.75. The van der Waals surface area contributed by atoms with E-state index in [9.17, 15) is 24.5 Å². The third-order valence-corrected chi connectivity index (χ3v) is 3.00. The van der Waals surface area contributed by atoms with Gasteiger partial charge < -0.3 is 19.7 Å². The molecule has 2 heterocycles. The van der Waals surface area contributed by atoms with Crippen molar-refractivity contribution in [2.45, 2.75) is 6.04 Å². The minimum Gasteiger partial charge on any atom is -0.480 e. The molecule has 21 heavy (non-hydrogen) atoms. The van der Waals surface area contributed by atoms with Crippen molar-refractivity contribution in [3.05, 3.63) is 38.3 Å². The van der Waals surface area contributed by atoms with Gasteiger partial charge in [-0.2, -0.15) is 0 Å². The number of nitrogens with zero attached hydrogens (tertiary/aromatic N) is 2. The van der Waals surface area contributed by atoms with Gasteiger partial charge in [-0.15, -0.1) is 0 Å². The summed E-state index contributed by atoms with van der Waals surface area (Å²) < 4.78 is 4.98. The van der Waals surface area contributed by atoms with Gasteiger partial charge in [0.1, 0.15) is 5.56 Å². The number of aromatic nitrogens is 1. The highest BCUT2D eigenvalue weighted by Gasteiger charge is 2.34. The third-order valence-electron chi connectivity index (χ3n) is 3.00. The third kappa shape index (κ3) is 2.89. The van der Waals surface area contributed by atoms with Crippen molar-refractivity contribution in [2.75, 3.05) is 19.8 Å². The van der Waals surface area contributed by atoms with E-state index < -0.39 is 39.7 Å². The van der Waals surface area contributed by atoms with Gasteiger partial charge in [0.25, 0.3) is 17.2 Å². The standard InChI is InChI=1S/C11H11N3O7/c15-9-7(3-6(4-12-9)14(19)20)10(16)13-1-2-21-5-8(13)11(17)18/h3-4,8H,1-2,5H2,(H,12,15)(H,17,18). The van der Waals surface area contributed by atoms with Gasteiger partial charge in [0.2, 0.25) is 0 Å². The van der Waals surface area contributed by atoms with Gasteiger partial charge >= 0.3 is 5.97 Å². The monoisotopic (exact) mass is 297 g/mol. The summed E-state index contributed by atoms with van der Waals surface area (Å²) in [7, 11) is 0. The number of pyridine rings is 1. The Morgan fingerprint density at radius 3 is 2.86 bits per heavy atom. The van der Waals surface area contributed by atoms with E-state index in [4.69, 9.17) is 9.84 Å². The summed E-state index contributed by atoms with van der Waals surface area (Å²) in [6.07, 6.45) is 0.868. The lowest BCUT2D eigenvalue weighted by Crippen LogP contribution is -2.53. The van der Waals surface area contributed by atoms with Crippen molar-refractivity contribution in [3.8, 4) is 0 Å². The van der Waals surface area contributed by atoms with Crippen LogP contribution >= 0.6 is 0 Å². The van der Waals surface area contributed by atoms with Crippen molar-refractivity contribution in [3.63, 3.8) is 0 Å². The van der Waals surface area contributed by atoms with Crippen LogP contribution in [-0.4, -0.2) is 57.6 Å². The Bertz CT molecular complexity index is 653. The Morgan fingerprint density at radius 1 is 1.52 bits per heavy atom. The van der Waals surface area contributed by atoms with Crippen molar-refractivity contribution in [1.29, 1.82) is 0 Å². The molecule has 10 heteroatoms. The van der Waals surface area contributed by atoms with Gasteiger partial charge in [0.15, 0.2) is 6.04 Å². The highest BCUT2D eigenvalue weighted by Crippen LogP contribution is 2.14. The number of rotatable bonds is 3. The van der Waals surface area contributed by atoms with E-state index in [-0.39, 0.29) is 19.8 Å². The fourth-order valence-corrected chi connectivity index (χ4v) is 1.94.